The number of rotatable bonds is 1. The van der Waals surface area contributed by atoms with Gasteiger partial charge in [-0.15, -0.1) is 0 Å². The highest BCUT2D eigenvalue weighted by atomic mass is 16.2. The molecular formula is C26H35N3O2. The number of aromatic nitrogens is 3. The average Bonchev–Trinajstić information content (AvgIpc) is 3.15. The van der Waals surface area contributed by atoms with Crippen LogP contribution in [-0.2, 0) is 0 Å². The standard InChI is InChI=1S/C26H35N3O2/c1-25(2)17-10-11-26(25,3)20(14-17)27-23(30)28-19-13-16-9-7-5-4-6-8-15-12-18(21(15)19)22(16)29(28)24(27)31/h12-13,17-22H,4-11,14H2,1-3H3/t17-,18-,19-,20+,21-,22-,26-/m0/s1. The number of allylic oxidation sites excluding steroid dienone is 4. The summed E-state index contributed by atoms with van der Waals surface area (Å²) in [5, 5.41) is 0. The Kier molecular flexibility index (Phi) is 3.49. The molecule has 0 amide bonds. The molecule has 0 aromatic carbocycles. The SMILES string of the molecule is CC1(C)[C@H]2CC[C@@]1(C)[C@H](n1c(=O)n3n(c1=O)[C@H]1C4=C[C@H]3[C@H]3C(=C[C@@H]31)CCCCCC4)C2. The van der Waals surface area contributed by atoms with Gasteiger partial charge in [0.2, 0.25) is 0 Å². The molecule has 0 unspecified atom stereocenters. The zero-order valence-electron chi connectivity index (χ0n) is 19.1. The lowest BCUT2D eigenvalue weighted by atomic mass is 9.60. The summed E-state index contributed by atoms with van der Waals surface area (Å²) in [5.41, 5.74) is 3.10. The molecule has 2 fully saturated rings. The minimum absolute atomic E-state index is 0.0251. The molecule has 0 saturated heterocycles. The van der Waals surface area contributed by atoms with Crippen LogP contribution in [0.15, 0.2) is 32.9 Å². The van der Waals surface area contributed by atoms with Gasteiger partial charge in [-0.1, -0.05) is 51.3 Å². The molecule has 5 aliphatic carbocycles. The molecule has 5 nitrogen and oxygen atoms in total. The molecule has 0 radical (unpaired) electrons. The fourth-order valence-electron chi connectivity index (χ4n) is 8.86. The molecule has 8 rings (SSSR count). The maximum atomic E-state index is 14.0. The van der Waals surface area contributed by atoms with Crippen molar-refractivity contribution in [3.05, 3.63) is 44.3 Å². The van der Waals surface area contributed by atoms with E-state index in [-0.39, 0.29) is 40.3 Å². The topological polar surface area (TPSA) is 48.9 Å². The Balaban J connectivity index is 1.39. The quantitative estimate of drug-likeness (QED) is 0.614. The van der Waals surface area contributed by atoms with Crippen molar-refractivity contribution in [3.8, 4) is 0 Å². The third-order valence-electron chi connectivity index (χ3n) is 11.1. The molecule has 0 N–H and O–H groups in total. The Morgan fingerprint density at radius 1 is 0.903 bits per heavy atom. The van der Waals surface area contributed by atoms with Crippen LogP contribution in [0.3, 0.4) is 0 Å². The monoisotopic (exact) mass is 421 g/mol. The van der Waals surface area contributed by atoms with Crippen LogP contribution < -0.4 is 11.4 Å². The minimum atomic E-state index is -0.0375. The summed E-state index contributed by atoms with van der Waals surface area (Å²) in [6, 6.07) is 0.153. The Labute approximate surface area is 183 Å². The van der Waals surface area contributed by atoms with Gasteiger partial charge in [-0.3, -0.25) is 0 Å². The van der Waals surface area contributed by atoms with Crippen LogP contribution in [0.25, 0.3) is 0 Å². The van der Waals surface area contributed by atoms with E-state index in [4.69, 9.17) is 0 Å². The van der Waals surface area contributed by atoms with E-state index in [1.807, 2.05) is 9.36 Å². The largest absolute Gasteiger partial charge is 0.348 e. The molecule has 5 heteroatoms. The van der Waals surface area contributed by atoms with Gasteiger partial charge >= 0.3 is 11.4 Å². The van der Waals surface area contributed by atoms with Gasteiger partial charge in [0.15, 0.2) is 0 Å². The zero-order chi connectivity index (χ0) is 21.3. The van der Waals surface area contributed by atoms with Crippen LogP contribution in [0.2, 0.25) is 0 Å². The summed E-state index contributed by atoms with van der Waals surface area (Å²) >= 11 is 0. The van der Waals surface area contributed by atoms with Crippen molar-refractivity contribution < 1.29 is 0 Å². The van der Waals surface area contributed by atoms with E-state index in [0.717, 1.165) is 19.3 Å². The van der Waals surface area contributed by atoms with Crippen LogP contribution in [0.5, 0.6) is 0 Å². The summed E-state index contributed by atoms with van der Waals surface area (Å²) in [7, 11) is 0. The Bertz CT molecular complexity index is 1160. The lowest BCUT2D eigenvalue weighted by Crippen LogP contribution is -2.53. The highest BCUT2D eigenvalue weighted by Crippen LogP contribution is 2.69. The van der Waals surface area contributed by atoms with E-state index >= 15 is 0 Å². The van der Waals surface area contributed by atoms with Gasteiger partial charge in [0, 0.05) is 17.9 Å². The lowest BCUT2D eigenvalue weighted by Gasteiger charge is -2.53. The van der Waals surface area contributed by atoms with Crippen molar-refractivity contribution in [2.75, 3.05) is 0 Å². The average molecular weight is 422 g/mol. The van der Waals surface area contributed by atoms with E-state index in [9.17, 15) is 9.59 Å². The van der Waals surface area contributed by atoms with Gasteiger partial charge in [0.1, 0.15) is 0 Å². The summed E-state index contributed by atoms with van der Waals surface area (Å²) < 4.78 is 5.52. The van der Waals surface area contributed by atoms with E-state index in [0.29, 0.717) is 17.8 Å². The lowest BCUT2D eigenvalue weighted by molar-refractivity contribution is 0.103. The Morgan fingerprint density at radius 2 is 1.61 bits per heavy atom. The molecule has 166 valence electrons. The Morgan fingerprint density at radius 3 is 2.29 bits per heavy atom. The summed E-state index contributed by atoms with van der Waals surface area (Å²) in [6.45, 7) is 7.06. The normalized spacial score (nSPS) is 43.8. The van der Waals surface area contributed by atoms with Gasteiger partial charge < -0.3 is 0 Å². The van der Waals surface area contributed by atoms with Crippen LogP contribution in [0.4, 0.5) is 0 Å². The van der Waals surface area contributed by atoms with Crippen molar-refractivity contribution in [1.82, 2.24) is 13.9 Å². The number of hydrogen-bond donors (Lipinski definition) is 0. The van der Waals surface area contributed by atoms with Gasteiger partial charge in [-0.05, 0) is 67.3 Å². The number of fused-ring (bicyclic) bond motifs is 2. The van der Waals surface area contributed by atoms with E-state index < -0.39 is 0 Å². The predicted molar refractivity (Wildman–Crippen MR) is 120 cm³/mol. The first-order valence-electron chi connectivity index (χ1n) is 12.7. The smallest absolute Gasteiger partial charge is 0.246 e. The molecule has 7 atom stereocenters. The molecule has 0 spiro atoms. The summed E-state index contributed by atoms with van der Waals surface area (Å²) in [6.07, 6.45) is 15.5. The molecule has 3 heterocycles. The first kappa shape index (κ1) is 18.8. The van der Waals surface area contributed by atoms with Crippen molar-refractivity contribution >= 4 is 0 Å². The van der Waals surface area contributed by atoms with E-state index in [1.165, 1.54) is 44.1 Å². The maximum Gasteiger partial charge on any atom is 0.348 e. The first-order valence-corrected chi connectivity index (χ1v) is 12.7. The molecule has 31 heavy (non-hydrogen) atoms. The second-order valence-electron chi connectivity index (χ2n) is 12.2. The molecular weight excluding hydrogens is 386 g/mol. The minimum Gasteiger partial charge on any atom is -0.246 e. The zero-order valence-corrected chi connectivity index (χ0v) is 19.1. The molecule has 2 aliphatic heterocycles. The first-order chi connectivity index (χ1) is 14.8. The van der Waals surface area contributed by atoms with Crippen molar-refractivity contribution in [2.45, 2.75) is 96.7 Å². The highest BCUT2D eigenvalue weighted by molar-refractivity contribution is 5.38. The van der Waals surface area contributed by atoms with Gasteiger partial charge in [0.25, 0.3) is 0 Å². The second-order valence-corrected chi connectivity index (χ2v) is 12.2. The maximum absolute atomic E-state index is 14.0. The number of hydrogen-bond acceptors (Lipinski definition) is 2. The van der Waals surface area contributed by atoms with Gasteiger partial charge in [0.05, 0.1) is 12.1 Å². The highest BCUT2D eigenvalue weighted by Gasteiger charge is 2.63. The molecule has 7 aliphatic rings. The second kappa shape index (κ2) is 5.77. The fraction of sp³-hybridized carbons (Fsp3) is 0.769. The molecule has 2 saturated carbocycles. The molecule has 1 aromatic rings. The molecule has 1 aromatic heterocycles. The van der Waals surface area contributed by atoms with Crippen LogP contribution in [0.1, 0.15) is 96.7 Å². The van der Waals surface area contributed by atoms with Crippen LogP contribution in [0, 0.1) is 28.6 Å². The van der Waals surface area contributed by atoms with Crippen LogP contribution >= 0.6 is 0 Å². The number of nitrogens with zero attached hydrogens (tertiary/aromatic N) is 3. The van der Waals surface area contributed by atoms with E-state index in [1.54, 1.807) is 10.1 Å². The van der Waals surface area contributed by atoms with Gasteiger partial charge in [-0.2, -0.15) is 0 Å². The fourth-order valence-corrected chi connectivity index (χ4v) is 8.86. The summed E-state index contributed by atoms with van der Waals surface area (Å²) in [5.74, 6) is 1.47. The van der Waals surface area contributed by atoms with Crippen molar-refractivity contribution in [1.29, 1.82) is 0 Å². The van der Waals surface area contributed by atoms with E-state index in [2.05, 4.69) is 32.9 Å². The summed E-state index contributed by atoms with van der Waals surface area (Å²) in [4.78, 5) is 27.9. The van der Waals surface area contributed by atoms with Crippen LogP contribution in [-0.4, -0.2) is 13.9 Å². The predicted octanol–water partition coefficient (Wildman–Crippen LogP) is 4.76. The van der Waals surface area contributed by atoms with Crippen molar-refractivity contribution in [3.63, 3.8) is 0 Å². The molecule has 6 bridgehead atoms. The van der Waals surface area contributed by atoms with Gasteiger partial charge in [-0.25, -0.2) is 23.5 Å². The third kappa shape index (κ3) is 2.01. The third-order valence-corrected chi connectivity index (χ3v) is 11.1. The Hall–Kier alpha value is -1.78. The van der Waals surface area contributed by atoms with Crippen molar-refractivity contribution in [2.24, 2.45) is 28.6 Å².